The zero-order chi connectivity index (χ0) is 12.8. The van der Waals surface area contributed by atoms with E-state index < -0.39 is 6.10 Å². The molecule has 0 heterocycles. The van der Waals surface area contributed by atoms with Crippen LogP contribution in [0.2, 0.25) is 10.0 Å². The van der Waals surface area contributed by atoms with Crippen LogP contribution in [0.1, 0.15) is 25.8 Å². The van der Waals surface area contributed by atoms with Crippen molar-refractivity contribution in [2.24, 2.45) is 0 Å². The predicted octanol–water partition coefficient (Wildman–Crippen LogP) is 3.71. The van der Waals surface area contributed by atoms with E-state index in [2.05, 4.69) is 0 Å². The SMILES string of the molecule is CCOC(CC)C(O)Cc1cc(Cl)ccc1Cl. The van der Waals surface area contributed by atoms with Gasteiger partial charge >= 0.3 is 0 Å². The summed E-state index contributed by atoms with van der Waals surface area (Å²) in [6.45, 7) is 4.50. The Morgan fingerprint density at radius 1 is 1.29 bits per heavy atom. The number of benzene rings is 1. The lowest BCUT2D eigenvalue weighted by molar-refractivity contribution is -0.0334. The van der Waals surface area contributed by atoms with E-state index in [0.29, 0.717) is 23.1 Å². The van der Waals surface area contributed by atoms with Gasteiger partial charge in [0, 0.05) is 23.1 Å². The minimum atomic E-state index is -0.559. The molecule has 0 aliphatic rings. The Balaban J connectivity index is 2.72. The molecule has 1 aromatic carbocycles. The van der Waals surface area contributed by atoms with Crippen LogP contribution in [0.5, 0.6) is 0 Å². The smallest absolute Gasteiger partial charge is 0.0842 e. The zero-order valence-electron chi connectivity index (χ0n) is 10.1. The maximum absolute atomic E-state index is 10.1. The van der Waals surface area contributed by atoms with E-state index in [1.54, 1.807) is 18.2 Å². The fraction of sp³-hybridized carbons (Fsp3) is 0.538. The summed E-state index contributed by atoms with van der Waals surface area (Å²) in [7, 11) is 0. The molecular formula is C13H18Cl2O2. The molecule has 17 heavy (non-hydrogen) atoms. The highest BCUT2D eigenvalue weighted by molar-refractivity contribution is 6.33. The van der Waals surface area contributed by atoms with Crippen LogP contribution in [0.3, 0.4) is 0 Å². The topological polar surface area (TPSA) is 29.5 Å². The van der Waals surface area contributed by atoms with Gasteiger partial charge in [0.05, 0.1) is 12.2 Å². The molecule has 0 saturated carbocycles. The van der Waals surface area contributed by atoms with Gasteiger partial charge in [0.1, 0.15) is 0 Å². The molecular weight excluding hydrogens is 259 g/mol. The van der Waals surface area contributed by atoms with E-state index in [0.717, 1.165) is 12.0 Å². The zero-order valence-corrected chi connectivity index (χ0v) is 11.6. The summed E-state index contributed by atoms with van der Waals surface area (Å²) in [6, 6.07) is 5.26. The second kappa shape index (κ2) is 7.22. The molecule has 1 aromatic rings. The summed E-state index contributed by atoms with van der Waals surface area (Å²) < 4.78 is 5.47. The summed E-state index contributed by atoms with van der Waals surface area (Å²) in [6.07, 6.45) is 0.511. The van der Waals surface area contributed by atoms with Crippen molar-refractivity contribution >= 4 is 23.2 Å². The van der Waals surface area contributed by atoms with Gasteiger partial charge in [0.25, 0.3) is 0 Å². The number of hydrogen-bond acceptors (Lipinski definition) is 2. The van der Waals surface area contributed by atoms with Gasteiger partial charge in [-0.05, 0) is 37.1 Å². The number of halogens is 2. The fourth-order valence-corrected chi connectivity index (χ4v) is 2.16. The van der Waals surface area contributed by atoms with E-state index in [4.69, 9.17) is 27.9 Å². The molecule has 0 fully saturated rings. The summed E-state index contributed by atoms with van der Waals surface area (Å²) in [5.74, 6) is 0. The van der Waals surface area contributed by atoms with E-state index in [-0.39, 0.29) is 6.10 Å². The van der Waals surface area contributed by atoms with Crippen LogP contribution in [0, 0.1) is 0 Å². The Kier molecular flexibility index (Phi) is 6.28. The first-order valence-corrected chi connectivity index (χ1v) is 6.57. The van der Waals surface area contributed by atoms with Crippen molar-refractivity contribution in [3.63, 3.8) is 0 Å². The Morgan fingerprint density at radius 2 is 2.00 bits per heavy atom. The molecule has 0 saturated heterocycles. The number of aliphatic hydroxyl groups excluding tert-OH is 1. The Morgan fingerprint density at radius 3 is 2.59 bits per heavy atom. The number of rotatable bonds is 6. The monoisotopic (exact) mass is 276 g/mol. The summed E-state index contributed by atoms with van der Waals surface area (Å²) in [5, 5.41) is 11.3. The lowest BCUT2D eigenvalue weighted by Crippen LogP contribution is -2.30. The Hall–Kier alpha value is -0.280. The lowest BCUT2D eigenvalue weighted by atomic mass is 10.0. The molecule has 2 atom stereocenters. The van der Waals surface area contributed by atoms with Gasteiger partial charge in [-0.3, -0.25) is 0 Å². The highest BCUT2D eigenvalue weighted by atomic mass is 35.5. The van der Waals surface area contributed by atoms with E-state index in [1.807, 2.05) is 13.8 Å². The van der Waals surface area contributed by atoms with Crippen molar-refractivity contribution in [2.75, 3.05) is 6.61 Å². The van der Waals surface area contributed by atoms with Gasteiger partial charge in [0.2, 0.25) is 0 Å². The maximum atomic E-state index is 10.1. The maximum Gasteiger partial charge on any atom is 0.0842 e. The van der Waals surface area contributed by atoms with Gasteiger partial charge in [-0.1, -0.05) is 30.1 Å². The van der Waals surface area contributed by atoms with Crippen molar-refractivity contribution in [3.05, 3.63) is 33.8 Å². The first kappa shape index (κ1) is 14.8. The van der Waals surface area contributed by atoms with Crippen LogP contribution >= 0.6 is 23.2 Å². The Bertz CT molecular complexity index is 355. The van der Waals surface area contributed by atoms with Gasteiger partial charge in [0.15, 0.2) is 0 Å². The molecule has 2 nitrogen and oxygen atoms in total. The van der Waals surface area contributed by atoms with Crippen molar-refractivity contribution in [2.45, 2.75) is 38.9 Å². The second-order valence-electron chi connectivity index (χ2n) is 3.91. The lowest BCUT2D eigenvalue weighted by Gasteiger charge is -2.22. The van der Waals surface area contributed by atoms with Crippen molar-refractivity contribution in [3.8, 4) is 0 Å². The van der Waals surface area contributed by atoms with Crippen LogP contribution in [0.15, 0.2) is 18.2 Å². The summed E-state index contributed by atoms with van der Waals surface area (Å²) >= 11 is 12.0. The predicted molar refractivity (Wildman–Crippen MR) is 71.9 cm³/mol. The van der Waals surface area contributed by atoms with Gasteiger partial charge in [-0.15, -0.1) is 0 Å². The normalized spacial score (nSPS) is 14.6. The van der Waals surface area contributed by atoms with Crippen LogP contribution in [-0.4, -0.2) is 23.9 Å². The third-order valence-corrected chi connectivity index (χ3v) is 3.25. The molecule has 0 amide bonds. The average Bonchev–Trinajstić information content (AvgIpc) is 2.30. The molecule has 0 bridgehead atoms. The quantitative estimate of drug-likeness (QED) is 0.858. The first-order valence-electron chi connectivity index (χ1n) is 5.82. The van der Waals surface area contributed by atoms with Gasteiger partial charge < -0.3 is 9.84 Å². The van der Waals surface area contributed by atoms with Gasteiger partial charge in [-0.25, -0.2) is 0 Å². The van der Waals surface area contributed by atoms with Crippen molar-refractivity contribution in [1.29, 1.82) is 0 Å². The van der Waals surface area contributed by atoms with Crippen LogP contribution in [0.25, 0.3) is 0 Å². The third kappa shape index (κ3) is 4.47. The molecule has 96 valence electrons. The summed E-state index contributed by atoms with van der Waals surface area (Å²) in [5.41, 5.74) is 0.852. The number of hydrogen-bond donors (Lipinski definition) is 1. The minimum Gasteiger partial charge on any atom is -0.390 e. The molecule has 0 spiro atoms. The molecule has 0 radical (unpaired) electrons. The van der Waals surface area contributed by atoms with Crippen LogP contribution < -0.4 is 0 Å². The van der Waals surface area contributed by atoms with Crippen LogP contribution in [0.4, 0.5) is 0 Å². The highest BCUT2D eigenvalue weighted by Gasteiger charge is 2.19. The first-order chi connectivity index (χ1) is 8.08. The number of aliphatic hydroxyl groups is 1. The molecule has 0 aromatic heterocycles. The van der Waals surface area contributed by atoms with Crippen molar-refractivity contribution < 1.29 is 9.84 Å². The van der Waals surface area contributed by atoms with E-state index >= 15 is 0 Å². The fourth-order valence-electron chi connectivity index (χ4n) is 1.77. The summed E-state index contributed by atoms with van der Waals surface area (Å²) in [4.78, 5) is 0. The molecule has 2 unspecified atom stereocenters. The number of ether oxygens (including phenoxy) is 1. The molecule has 0 aliphatic carbocycles. The van der Waals surface area contributed by atoms with E-state index in [9.17, 15) is 5.11 Å². The Labute approximate surface area is 113 Å². The van der Waals surface area contributed by atoms with Gasteiger partial charge in [-0.2, -0.15) is 0 Å². The molecule has 1 rings (SSSR count). The third-order valence-electron chi connectivity index (χ3n) is 2.65. The highest BCUT2D eigenvalue weighted by Crippen LogP contribution is 2.23. The molecule has 1 N–H and O–H groups in total. The molecule has 4 heteroatoms. The molecule has 0 aliphatic heterocycles. The second-order valence-corrected chi connectivity index (χ2v) is 4.75. The van der Waals surface area contributed by atoms with E-state index in [1.165, 1.54) is 0 Å². The largest absolute Gasteiger partial charge is 0.390 e. The van der Waals surface area contributed by atoms with Crippen LogP contribution in [-0.2, 0) is 11.2 Å². The minimum absolute atomic E-state index is 0.157. The standard InChI is InChI=1S/C13H18Cl2O2/c1-3-13(17-4-2)12(16)8-9-7-10(14)5-6-11(9)15/h5-7,12-13,16H,3-4,8H2,1-2H3. The van der Waals surface area contributed by atoms with Crippen molar-refractivity contribution in [1.82, 2.24) is 0 Å². The average molecular weight is 277 g/mol.